The van der Waals surface area contributed by atoms with Crippen LogP contribution in [0.4, 0.5) is 5.82 Å². The number of rotatable bonds is 2. The molecule has 2 aliphatic heterocycles. The number of piperazine rings is 1. The van der Waals surface area contributed by atoms with Gasteiger partial charge in [0, 0.05) is 19.1 Å². The molecule has 4 nitrogen and oxygen atoms in total. The van der Waals surface area contributed by atoms with Crippen molar-refractivity contribution in [1.82, 2.24) is 9.65 Å². The van der Waals surface area contributed by atoms with Crippen molar-refractivity contribution in [2.45, 2.75) is 17.8 Å². The van der Waals surface area contributed by atoms with Gasteiger partial charge in [0.25, 0.3) is 0 Å². The normalized spacial score (nSPS) is 26.2. The second-order valence-electron chi connectivity index (χ2n) is 4.89. The number of thioether (sulfide) groups is 1. The summed E-state index contributed by atoms with van der Waals surface area (Å²) >= 11 is 5.70. The molecule has 1 aromatic heterocycles. The van der Waals surface area contributed by atoms with E-state index in [0.717, 1.165) is 25.3 Å². The second kappa shape index (κ2) is 5.24. The van der Waals surface area contributed by atoms with Gasteiger partial charge in [0.05, 0.1) is 5.37 Å². The maximum atomic E-state index is 11.4. The first-order valence-corrected chi connectivity index (χ1v) is 8.39. The van der Waals surface area contributed by atoms with E-state index in [0.29, 0.717) is 17.1 Å². The highest BCUT2D eigenvalue weighted by atomic mass is 32.2. The van der Waals surface area contributed by atoms with Gasteiger partial charge in [-0.2, -0.15) is 0 Å². The molecule has 2 aliphatic rings. The quantitative estimate of drug-likeness (QED) is 0.664. The molecule has 1 fully saturated rings. The summed E-state index contributed by atoms with van der Waals surface area (Å²) < 4.78 is 2.29. The lowest BCUT2D eigenvalue weighted by Gasteiger charge is -2.42. The summed E-state index contributed by atoms with van der Waals surface area (Å²) in [6.07, 6.45) is 3.13. The molecule has 3 unspecified atom stereocenters. The van der Waals surface area contributed by atoms with Crippen molar-refractivity contribution in [2.24, 2.45) is 0 Å². The predicted molar refractivity (Wildman–Crippen MR) is 86.1 cm³/mol. The Kier molecular flexibility index (Phi) is 3.78. The van der Waals surface area contributed by atoms with Crippen molar-refractivity contribution < 1.29 is 4.79 Å². The Bertz CT molecular complexity index is 520. The van der Waals surface area contributed by atoms with Gasteiger partial charge in [-0.1, -0.05) is 28.1 Å². The van der Waals surface area contributed by atoms with Crippen LogP contribution in [0.3, 0.4) is 0 Å². The van der Waals surface area contributed by atoms with Crippen molar-refractivity contribution in [3.8, 4) is 0 Å². The molecule has 19 heavy (non-hydrogen) atoms. The zero-order chi connectivity index (χ0) is 13.6. The molecular formula is C12H16N3OPS2. The first kappa shape index (κ1) is 13.7. The minimum atomic E-state index is -0.267. The van der Waals surface area contributed by atoms with Crippen LogP contribution in [0.25, 0.3) is 0 Å². The Morgan fingerprint density at radius 2 is 2.32 bits per heavy atom. The third-order valence-corrected chi connectivity index (χ3v) is 5.26. The highest BCUT2D eigenvalue weighted by molar-refractivity contribution is 7.99. The van der Waals surface area contributed by atoms with E-state index in [2.05, 4.69) is 42.8 Å². The molecule has 0 radical (unpaired) electrons. The van der Waals surface area contributed by atoms with Crippen LogP contribution in [0.1, 0.15) is 16.1 Å². The van der Waals surface area contributed by atoms with Crippen LogP contribution in [0.2, 0.25) is 0 Å². The molecule has 0 N–H and O–H groups in total. The summed E-state index contributed by atoms with van der Waals surface area (Å²) in [5.74, 6) is 0.974. The van der Waals surface area contributed by atoms with Gasteiger partial charge in [0.15, 0.2) is 0 Å². The van der Waals surface area contributed by atoms with Crippen LogP contribution < -0.4 is 4.90 Å². The fourth-order valence-corrected chi connectivity index (χ4v) is 4.41. The van der Waals surface area contributed by atoms with Crippen LogP contribution in [0.15, 0.2) is 12.1 Å². The van der Waals surface area contributed by atoms with Crippen molar-refractivity contribution in [3.05, 3.63) is 23.4 Å². The number of hydrogen-bond acceptors (Lipinski definition) is 5. The Morgan fingerprint density at radius 3 is 3.00 bits per heavy atom. The summed E-state index contributed by atoms with van der Waals surface area (Å²) in [7, 11) is 2.80. The van der Waals surface area contributed by atoms with Crippen molar-refractivity contribution >= 4 is 44.7 Å². The van der Waals surface area contributed by atoms with E-state index in [-0.39, 0.29) is 5.12 Å². The van der Waals surface area contributed by atoms with Crippen molar-refractivity contribution in [2.75, 3.05) is 24.2 Å². The number of pyridine rings is 1. The largest absolute Gasteiger partial charge is 0.338 e. The molecule has 0 aliphatic carbocycles. The molecule has 0 saturated carbocycles. The zero-order valence-electron chi connectivity index (χ0n) is 10.6. The van der Waals surface area contributed by atoms with Gasteiger partial charge in [-0.3, -0.25) is 9.46 Å². The Balaban J connectivity index is 2.00. The highest BCUT2D eigenvalue weighted by Gasteiger charge is 2.39. The summed E-state index contributed by atoms with van der Waals surface area (Å²) in [6.45, 7) is 2.00. The molecule has 0 aromatic carbocycles. The molecule has 3 atom stereocenters. The van der Waals surface area contributed by atoms with Crippen molar-refractivity contribution in [3.63, 3.8) is 0 Å². The van der Waals surface area contributed by atoms with E-state index in [1.165, 1.54) is 5.56 Å². The van der Waals surface area contributed by atoms with Gasteiger partial charge in [0.1, 0.15) is 11.5 Å². The van der Waals surface area contributed by atoms with Gasteiger partial charge in [-0.25, -0.2) is 4.98 Å². The number of anilines is 1. The molecule has 1 saturated heterocycles. The third kappa shape index (κ3) is 2.40. The molecule has 1 aromatic rings. The Morgan fingerprint density at radius 1 is 1.53 bits per heavy atom. The lowest BCUT2D eigenvalue weighted by Crippen LogP contribution is -2.53. The topological polar surface area (TPSA) is 36.4 Å². The number of thiol groups is 1. The second-order valence-corrected chi connectivity index (χ2v) is 7.05. The van der Waals surface area contributed by atoms with E-state index < -0.39 is 0 Å². The number of fused-ring (bicyclic) bond motifs is 3. The monoisotopic (exact) mass is 313 g/mol. The minimum absolute atomic E-state index is 0.267. The fourth-order valence-electron chi connectivity index (χ4n) is 2.85. The first-order valence-electron chi connectivity index (χ1n) is 6.14. The average Bonchev–Trinajstić information content (AvgIpc) is 2.74. The van der Waals surface area contributed by atoms with E-state index in [9.17, 15) is 4.79 Å². The van der Waals surface area contributed by atoms with E-state index in [1.807, 2.05) is 17.8 Å². The Hall–Kier alpha value is -0.290. The minimum Gasteiger partial charge on any atom is -0.338 e. The fraction of sp³-hybridized carbons (Fsp3) is 0.500. The molecule has 102 valence electrons. The average molecular weight is 313 g/mol. The lowest BCUT2D eigenvalue weighted by atomic mass is 10.1. The van der Waals surface area contributed by atoms with Gasteiger partial charge in [0.2, 0.25) is 5.12 Å². The summed E-state index contributed by atoms with van der Waals surface area (Å²) in [5.41, 5.74) is 1.68. The van der Waals surface area contributed by atoms with E-state index in [1.54, 1.807) is 6.07 Å². The number of carbonyl (C=O) groups is 1. The highest BCUT2D eigenvalue weighted by Crippen LogP contribution is 2.38. The van der Waals surface area contributed by atoms with Gasteiger partial charge in [-0.15, -0.1) is 11.8 Å². The standard InChI is InChI=1S/C12H16N3OPS2/c1-19-10-6-14(17)5-8-4-7-2-3-9(12(16)18)13-11(7)15(8)10/h2-3,8,10H,4-6,17H2,1H3,(H,16,18). The molecule has 3 heterocycles. The molecule has 0 bridgehead atoms. The molecular weight excluding hydrogens is 297 g/mol. The summed E-state index contributed by atoms with van der Waals surface area (Å²) in [4.78, 5) is 18.3. The summed E-state index contributed by atoms with van der Waals surface area (Å²) in [5, 5.41) is 0.118. The number of hydrogen-bond donors (Lipinski definition) is 1. The van der Waals surface area contributed by atoms with Crippen LogP contribution in [-0.4, -0.2) is 45.5 Å². The van der Waals surface area contributed by atoms with Crippen LogP contribution in [0.5, 0.6) is 0 Å². The van der Waals surface area contributed by atoms with Crippen LogP contribution in [-0.2, 0) is 6.42 Å². The number of carbonyl (C=O) groups excluding carboxylic acids is 1. The van der Waals surface area contributed by atoms with Crippen LogP contribution in [0, 0.1) is 0 Å². The van der Waals surface area contributed by atoms with Gasteiger partial charge < -0.3 is 4.90 Å². The number of aromatic nitrogens is 1. The first-order chi connectivity index (χ1) is 9.10. The van der Waals surface area contributed by atoms with E-state index >= 15 is 0 Å². The molecule has 7 heteroatoms. The van der Waals surface area contributed by atoms with Gasteiger partial charge >= 0.3 is 0 Å². The smallest absolute Gasteiger partial charge is 0.234 e. The van der Waals surface area contributed by atoms with Gasteiger partial charge in [-0.05, 0) is 24.3 Å². The van der Waals surface area contributed by atoms with Crippen LogP contribution >= 0.6 is 33.8 Å². The Labute approximate surface area is 125 Å². The molecule has 3 rings (SSSR count). The SMILES string of the molecule is CSC1CN(P)CC2Cc3ccc(C(=O)S)nc3N21. The zero-order valence-corrected chi connectivity index (χ0v) is 13.5. The van der Waals surface area contributed by atoms with Crippen molar-refractivity contribution in [1.29, 1.82) is 0 Å². The molecule has 0 spiro atoms. The maximum Gasteiger partial charge on any atom is 0.234 e. The maximum absolute atomic E-state index is 11.4. The van der Waals surface area contributed by atoms with E-state index in [4.69, 9.17) is 0 Å². The lowest BCUT2D eigenvalue weighted by molar-refractivity contribution is 0.108. The number of nitrogens with zero attached hydrogens (tertiary/aromatic N) is 3. The predicted octanol–water partition coefficient (Wildman–Crippen LogP) is 1.68. The summed E-state index contributed by atoms with van der Waals surface area (Å²) in [6, 6.07) is 4.25. The molecule has 0 amide bonds. The third-order valence-electron chi connectivity index (χ3n) is 3.69.